The zero-order valence-electron chi connectivity index (χ0n) is 10.1. The molecule has 0 aliphatic rings. The Hall–Kier alpha value is 0.230. The van der Waals surface area contributed by atoms with E-state index in [2.05, 4.69) is 12.6 Å². The van der Waals surface area contributed by atoms with Crippen molar-refractivity contribution in [2.24, 2.45) is 0 Å². The third kappa shape index (κ3) is 5.60. The van der Waals surface area contributed by atoms with Crippen molar-refractivity contribution in [3.8, 4) is 0 Å². The molecule has 3 nitrogen and oxygen atoms in total. The summed E-state index contributed by atoms with van der Waals surface area (Å²) in [5, 5.41) is -0.0162. The number of carbonyl (C=O) groups excluding carboxylic acids is 1. The van der Waals surface area contributed by atoms with Gasteiger partial charge in [0.2, 0.25) is 0 Å². The summed E-state index contributed by atoms with van der Waals surface area (Å²) < 4.78 is 4.88. The Balaban J connectivity index is 4.69. The molecule has 0 fully saturated rings. The molecule has 0 rings (SSSR count). The Kier molecular flexibility index (Phi) is 7.72. The first-order valence-electron chi connectivity index (χ1n) is 5.06. The minimum atomic E-state index is -0.964. The second-order valence-corrected chi connectivity index (χ2v) is 5.76. The SMILES string of the molecule is CC(C)N(C(=O)OC(S)C(Cl)=C(Cl)Cl)C(C)C. The van der Waals surface area contributed by atoms with Gasteiger partial charge in [-0.25, -0.2) is 4.79 Å². The largest absolute Gasteiger partial charge is 0.429 e. The van der Waals surface area contributed by atoms with Crippen LogP contribution in [0.5, 0.6) is 0 Å². The highest BCUT2D eigenvalue weighted by molar-refractivity contribution is 7.81. The first kappa shape index (κ1) is 17.2. The molecule has 0 aromatic heterocycles. The maximum Gasteiger partial charge on any atom is 0.411 e. The maximum atomic E-state index is 11.9. The number of hydrogen-bond acceptors (Lipinski definition) is 3. The van der Waals surface area contributed by atoms with Crippen molar-refractivity contribution in [2.45, 2.75) is 45.2 Å². The van der Waals surface area contributed by atoms with Gasteiger partial charge in [-0.2, -0.15) is 0 Å². The predicted octanol–water partition coefficient (Wildman–Crippen LogP) is 4.38. The van der Waals surface area contributed by atoms with Crippen molar-refractivity contribution in [2.75, 3.05) is 0 Å². The lowest BCUT2D eigenvalue weighted by atomic mass is 10.2. The number of halogens is 3. The lowest BCUT2D eigenvalue weighted by molar-refractivity contribution is 0.0802. The number of rotatable bonds is 4. The molecule has 0 saturated carbocycles. The van der Waals surface area contributed by atoms with Gasteiger partial charge < -0.3 is 9.64 Å². The van der Waals surface area contributed by atoms with Gasteiger partial charge in [0.25, 0.3) is 0 Å². The average Bonchev–Trinajstić information content (AvgIpc) is 2.14. The molecule has 0 saturated heterocycles. The van der Waals surface area contributed by atoms with Crippen molar-refractivity contribution in [3.05, 3.63) is 9.52 Å². The summed E-state index contributed by atoms with van der Waals surface area (Å²) >= 11 is 20.7. The lowest BCUT2D eigenvalue weighted by Gasteiger charge is -2.30. The van der Waals surface area contributed by atoms with E-state index in [9.17, 15) is 4.79 Å². The number of carbonyl (C=O) groups is 1. The first-order chi connectivity index (χ1) is 7.68. The summed E-state index contributed by atoms with van der Waals surface area (Å²) in [6.07, 6.45) is -0.511. The van der Waals surface area contributed by atoms with Gasteiger partial charge in [0.15, 0.2) is 5.44 Å². The second-order valence-electron chi connectivity index (χ2n) is 3.94. The highest BCUT2D eigenvalue weighted by Crippen LogP contribution is 2.25. The molecule has 0 heterocycles. The van der Waals surface area contributed by atoms with Crippen LogP contribution in [0, 0.1) is 0 Å². The molecule has 0 aliphatic carbocycles. The Bertz CT molecular complexity index is 296. The Morgan fingerprint density at radius 3 is 1.82 bits per heavy atom. The second kappa shape index (κ2) is 7.62. The summed E-state index contributed by atoms with van der Waals surface area (Å²) in [4.78, 5) is 13.4. The van der Waals surface area contributed by atoms with Gasteiger partial charge in [-0.05, 0) is 27.7 Å². The molecule has 100 valence electrons. The summed E-state index contributed by atoms with van der Waals surface area (Å²) in [5.41, 5.74) is -0.964. The monoisotopic (exact) mass is 319 g/mol. The van der Waals surface area contributed by atoms with Gasteiger partial charge in [0.1, 0.15) is 4.49 Å². The number of ether oxygens (including phenoxy) is 1. The van der Waals surface area contributed by atoms with Crippen molar-refractivity contribution in [3.63, 3.8) is 0 Å². The van der Waals surface area contributed by atoms with E-state index in [1.165, 1.54) is 0 Å². The molecule has 1 unspecified atom stereocenters. The summed E-state index contributed by atoms with van der Waals surface area (Å²) in [7, 11) is 0. The topological polar surface area (TPSA) is 29.5 Å². The Morgan fingerprint density at radius 1 is 1.12 bits per heavy atom. The third-order valence-corrected chi connectivity index (χ3v) is 3.44. The number of nitrogens with zero attached hydrogens (tertiary/aromatic N) is 1. The lowest BCUT2D eigenvalue weighted by Crippen LogP contribution is -2.43. The molecule has 0 radical (unpaired) electrons. The van der Waals surface area contributed by atoms with Gasteiger partial charge in [-0.1, -0.05) is 34.8 Å². The van der Waals surface area contributed by atoms with Crippen LogP contribution in [0.1, 0.15) is 27.7 Å². The number of thiol groups is 1. The summed E-state index contributed by atoms with van der Waals surface area (Å²) in [6.45, 7) is 7.56. The average molecular weight is 321 g/mol. The molecule has 0 N–H and O–H groups in total. The predicted molar refractivity (Wildman–Crippen MR) is 76.0 cm³/mol. The Morgan fingerprint density at radius 2 is 1.53 bits per heavy atom. The Labute approximate surface area is 122 Å². The van der Waals surface area contributed by atoms with Gasteiger partial charge in [-0.3, -0.25) is 0 Å². The summed E-state index contributed by atoms with van der Waals surface area (Å²) in [6, 6.07) is 0.0227. The molecule has 7 heteroatoms. The van der Waals surface area contributed by atoms with Gasteiger partial charge >= 0.3 is 6.09 Å². The maximum absolute atomic E-state index is 11.9. The van der Waals surface area contributed by atoms with E-state index in [1.807, 2.05) is 27.7 Å². The normalized spacial score (nSPS) is 12.6. The van der Waals surface area contributed by atoms with E-state index in [0.717, 1.165) is 0 Å². The van der Waals surface area contributed by atoms with E-state index >= 15 is 0 Å². The van der Waals surface area contributed by atoms with E-state index in [4.69, 9.17) is 39.5 Å². The molecular formula is C10H16Cl3NO2S. The van der Waals surface area contributed by atoms with Crippen LogP contribution in [0.25, 0.3) is 0 Å². The smallest absolute Gasteiger partial charge is 0.411 e. The van der Waals surface area contributed by atoms with E-state index in [1.54, 1.807) is 4.90 Å². The minimum Gasteiger partial charge on any atom is -0.429 e. The molecule has 17 heavy (non-hydrogen) atoms. The van der Waals surface area contributed by atoms with Crippen LogP contribution < -0.4 is 0 Å². The van der Waals surface area contributed by atoms with Crippen LogP contribution in [0.15, 0.2) is 9.52 Å². The fourth-order valence-electron chi connectivity index (χ4n) is 1.32. The fraction of sp³-hybridized carbons (Fsp3) is 0.700. The molecule has 0 aromatic carbocycles. The molecule has 1 amide bonds. The molecule has 0 spiro atoms. The highest BCUT2D eigenvalue weighted by Gasteiger charge is 2.25. The fourth-order valence-corrected chi connectivity index (χ4v) is 1.93. The van der Waals surface area contributed by atoms with E-state index in [-0.39, 0.29) is 21.6 Å². The molecule has 0 aromatic rings. The van der Waals surface area contributed by atoms with Gasteiger partial charge in [0.05, 0.1) is 5.03 Å². The van der Waals surface area contributed by atoms with Crippen LogP contribution in [0.4, 0.5) is 4.79 Å². The third-order valence-electron chi connectivity index (χ3n) is 1.93. The van der Waals surface area contributed by atoms with Crippen LogP contribution in [-0.2, 0) is 4.74 Å². The standard InChI is InChI=1S/C10H16Cl3NO2S/c1-5(2)14(6(3)4)10(15)16-9(17)7(11)8(12)13/h5-6,9,17H,1-4H3. The minimum absolute atomic E-state index is 0.0114. The highest BCUT2D eigenvalue weighted by atomic mass is 35.5. The van der Waals surface area contributed by atoms with Crippen molar-refractivity contribution in [1.29, 1.82) is 0 Å². The zero-order valence-corrected chi connectivity index (χ0v) is 13.2. The van der Waals surface area contributed by atoms with Gasteiger partial charge in [0, 0.05) is 12.1 Å². The van der Waals surface area contributed by atoms with Crippen LogP contribution >= 0.6 is 47.4 Å². The van der Waals surface area contributed by atoms with Crippen LogP contribution in [0.3, 0.4) is 0 Å². The van der Waals surface area contributed by atoms with Crippen LogP contribution in [-0.4, -0.2) is 28.5 Å². The molecule has 0 bridgehead atoms. The van der Waals surface area contributed by atoms with Crippen LogP contribution in [0.2, 0.25) is 0 Å². The van der Waals surface area contributed by atoms with Gasteiger partial charge in [-0.15, -0.1) is 12.6 Å². The molecule has 1 atom stereocenters. The first-order valence-corrected chi connectivity index (χ1v) is 6.71. The number of amides is 1. The van der Waals surface area contributed by atoms with Crippen molar-refractivity contribution < 1.29 is 9.53 Å². The zero-order chi connectivity index (χ0) is 13.7. The quantitative estimate of drug-likeness (QED) is 0.615. The summed E-state index contributed by atoms with van der Waals surface area (Å²) in [5.74, 6) is 0. The molecular weight excluding hydrogens is 305 g/mol. The van der Waals surface area contributed by atoms with Crippen molar-refractivity contribution >= 4 is 53.5 Å². The molecule has 0 aliphatic heterocycles. The van der Waals surface area contributed by atoms with E-state index in [0.29, 0.717) is 0 Å². The van der Waals surface area contributed by atoms with E-state index < -0.39 is 11.5 Å². The number of hydrogen-bond donors (Lipinski definition) is 1. The van der Waals surface area contributed by atoms with Crippen molar-refractivity contribution in [1.82, 2.24) is 4.90 Å².